The third kappa shape index (κ3) is 5.79. The van der Waals surface area contributed by atoms with Crippen molar-refractivity contribution in [2.45, 2.75) is 58.1 Å². The van der Waals surface area contributed by atoms with Crippen LogP contribution in [0.15, 0.2) is 18.2 Å². The van der Waals surface area contributed by atoms with Gasteiger partial charge in [-0.05, 0) is 65.3 Å². The summed E-state index contributed by atoms with van der Waals surface area (Å²) in [5.74, 6) is -0.817. The molecule has 0 aliphatic carbocycles. The summed E-state index contributed by atoms with van der Waals surface area (Å²) in [6.07, 6.45) is 0. The number of carbonyl (C=O) groups is 2. The second-order valence-electron chi connectivity index (χ2n) is 7.01. The Morgan fingerprint density at radius 1 is 0.955 bits per heavy atom. The minimum absolute atomic E-state index is 0.405. The largest absolute Gasteiger partial charge is 0.456 e. The summed E-state index contributed by atoms with van der Waals surface area (Å²) in [5.41, 5.74) is 0.424. The van der Waals surface area contributed by atoms with Gasteiger partial charge in [0.05, 0.1) is 11.1 Å². The van der Waals surface area contributed by atoms with E-state index in [2.05, 4.69) is 15.9 Å². The molecule has 0 bridgehead atoms. The van der Waals surface area contributed by atoms with Gasteiger partial charge >= 0.3 is 11.9 Å². The second kappa shape index (κ2) is 6.82. The molecule has 0 atom stereocenters. The van der Waals surface area contributed by atoms with Crippen molar-refractivity contribution in [3.63, 3.8) is 0 Å². The third-order valence-electron chi connectivity index (χ3n) is 2.50. The Morgan fingerprint density at radius 2 is 1.45 bits per heavy atom. The van der Waals surface area contributed by atoms with Crippen LogP contribution in [0.2, 0.25) is 0 Å². The fourth-order valence-electron chi connectivity index (χ4n) is 1.70. The number of rotatable bonds is 3. The van der Waals surface area contributed by atoms with Gasteiger partial charge in [0.25, 0.3) is 0 Å². The van der Waals surface area contributed by atoms with E-state index >= 15 is 0 Å². The first-order chi connectivity index (χ1) is 9.93. The van der Waals surface area contributed by atoms with Crippen LogP contribution in [0.4, 0.5) is 0 Å². The summed E-state index contributed by atoms with van der Waals surface area (Å²) >= 11 is 3.34. The normalized spacial score (nSPS) is 12.0. The van der Waals surface area contributed by atoms with E-state index < -0.39 is 23.1 Å². The second-order valence-corrected chi connectivity index (χ2v) is 7.57. The average molecular weight is 371 g/mol. The van der Waals surface area contributed by atoms with Crippen LogP contribution in [0, 0.1) is 0 Å². The molecular weight excluding hydrogens is 348 g/mol. The fraction of sp³-hybridized carbons (Fsp3) is 0.529. The van der Waals surface area contributed by atoms with Crippen molar-refractivity contribution < 1.29 is 19.1 Å². The highest BCUT2D eigenvalue weighted by Gasteiger charge is 2.22. The maximum atomic E-state index is 12.2. The molecule has 1 rings (SSSR count). The van der Waals surface area contributed by atoms with E-state index in [-0.39, 0.29) is 0 Å². The van der Waals surface area contributed by atoms with E-state index in [0.29, 0.717) is 22.0 Å². The zero-order valence-corrected chi connectivity index (χ0v) is 15.5. The van der Waals surface area contributed by atoms with Crippen LogP contribution in [-0.4, -0.2) is 23.1 Å². The predicted octanol–water partition coefficient (Wildman–Crippen LogP) is 4.49. The molecule has 0 N–H and O–H groups in total. The molecular formula is C17H23BrO4. The van der Waals surface area contributed by atoms with Gasteiger partial charge in [-0.2, -0.15) is 0 Å². The summed E-state index contributed by atoms with van der Waals surface area (Å²) in [6, 6.07) is 4.84. The van der Waals surface area contributed by atoms with E-state index in [1.165, 1.54) is 0 Å². The quantitative estimate of drug-likeness (QED) is 0.580. The van der Waals surface area contributed by atoms with Gasteiger partial charge in [0.1, 0.15) is 11.2 Å². The SMILES string of the molecule is CC(C)(C)OC(=O)c1ccc(C(=O)OC(C)(C)C)c(CBr)c1. The highest BCUT2D eigenvalue weighted by atomic mass is 79.9. The Bertz CT molecular complexity index is 565. The Balaban J connectivity index is 3.06. The smallest absolute Gasteiger partial charge is 0.338 e. The number of carbonyl (C=O) groups excluding carboxylic acids is 2. The van der Waals surface area contributed by atoms with Crippen molar-refractivity contribution in [1.82, 2.24) is 0 Å². The maximum Gasteiger partial charge on any atom is 0.338 e. The van der Waals surface area contributed by atoms with E-state index in [1.807, 2.05) is 41.5 Å². The van der Waals surface area contributed by atoms with Gasteiger partial charge in [0.15, 0.2) is 0 Å². The molecule has 4 nitrogen and oxygen atoms in total. The number of benzene rings is 1. The summed E-state index contributed by atoms with van der Waals surface area (Å²) in [5, 5.41) is 0.443. The van der Waals surface area contributed by atoms with Gasteiger partial charge in [0, 0.05) is 5.33 Å². The number of esters is 2. The summed E-state index contributed by atoms with van der Waals surface area (Å²) in [6.45, 7) is 10.9. The summed E-state index contributed by atoms with van der Waals surface area (Å²) < 4.78 is 10.7. The standard InChI is InChI=1S/C17H23BrO4/c1-16(2,3)21-14(19)11-7-8-13(12(9-11)10-18)15(20)22-17(4,5)6/h7-9H,10H2,1-6H3. The highest BCUT2D eigenvalue weighted by Crippen LogP contribution is 2.21. The highest BCUT2D eigenvalue weighted by molar-refractivity contribution is 9.08. The molecule has 0 unspecified atom stereocenters. The van der Waals surface area contributed by atoms with Gasteiger partial charge in [-0.3, -0.25) is 0 Å². The molecule has 1 aromatic carbocycles. The van der Waals surface area contributed by atoms with E-state index in [9.17, 15) is 9.59 Å². The number of hydrogen-bond donors (Lipinski definition) is 0. The topological polar surface area (TPSA) is 52.6 Å². The Hall–Kier alpha value is -1.36. The molecule has 0 spiro atoms. The molecule has 0 saturated heterocycles. The molecule has 0 radical (unpaired) electrons. The fourth-order valence-corrected chi connectivity index (χ4v) is 2.16. The lowest BCUT2D eigenvalue weighted by molar-refractivity contribution is 0.00510. The predicted molar refractivity (Wildman–Crippen MR) is 89.4 cm³/mol. The maximum absolute atomic E-state index is 12.2. The molecule has 0 saturated carbocycles. The monoisotopic (exact) mass is 370 g/mol. The first-order valence-corrected chi connectivity index (χ1v) is 8.21. The van der Waals surface area contributed by atoms with Crippen molar-refractivity contribution >= 4 is 27.9 Å². The molecule has 0 fully saturated rings. The van der Waals surface area contributed by atoms with Crippen LogP contribution >= 0.6 is 15.9 Å². The molecule has 0 heterocycles. The zero-order valence-electron chi connectivity index (χ0n) is 14.0. The van der Waals surface area contributed by atoms with Gasteiger partial charge in [-0.1, -0.05) is 15.9 Å². The number of alkyl halides is 1. The van der Waals surface area contributed by atoms with Crippen LogP contribution < -0.4 is 0 Å². The lowest BCUT2D eigenvalue weighted by atomic mass is 10.0. The van der Waals surface area contributed by atoms with Crippen LogP contribution in [0.5, 0.6) is 0 Å². The van der Waals surface area contributed by atoms with Gasteiger partial charge in [-0.25, -0.2) is 9.59 Å². The van der Waals surface area contributed by atoms with Gasteiger partial charge < -0.3 is 9.47 Å². The van der Waals surface area contributed by atoms with Crippen LogP contribution in [0.3, 0.4) is 0 Å². The van der Waals surface area contributed by atoms with Crippen molar-refractivity contribution in [3.8, 4) is 0 Å². The van der Waals surface area contributed by atoms with Crippen molar-refractivity contribution in [2.24, 2.45) is 0 Å². The Kier molecular flexibility index (Phi) is 5.79. The van der Waals surface area contributed by atoms with Crippen LogP contribution in [0.1, 0.15) is 67.8 Å². The number of hydrogen-bond acceptors (Lipinski definition) is 4. The van der Waals surface area contributed by atoms with Crippen molar-refractivity contribution in [3.05, 3.63) is 34.9 Å². The molecule has 22 heavy (non-hydrogen) atoms. The molecule has 5 heteroatoms. The minimum Gasteiger partial charge on any atom is -0.456 e. The lowest BCUT2D eigenvalue weighted by Crippen LogP contribution is -2.25. The summed E-state index contributed by atoms with van der Waals surface area (Å²) in [4.78, 5) is 24.3. The zero-order chi connectivity index (χ0) is 17.1. The third-order valence-corrected chi connectivity index (χ3v) is 3.11. The number of ether oxygens (including phenoxy) is 2. The van der Waals surface area contributed by atoms with E-state index in [4.69, 9.17) is 9.47 Å². The average Bonchev–Trinajstić information content (AvgIpc) is 2.33. The van der Waals surface area contributed by atoms with Crippen LogP contribution in [0.25, 0.3) is 0 Å². The first kappa shape index (κ1) is 18.7. The minimum atomic E-state index is -0.565. The van der Waals surface area contributed by atoms with Crippen molar-refractivity contribution in [1.29, 1.82) is 0 Å². The summed E-state index contributed by atoms with van der Waals surface area (Å²) in [7, 11) is 0. The number of halogens is 1. The Morgan fingerprint density at radius 3 is 1.91 bits per heavy atom. The molecule has 122 valence electrons. The molecule has 0 aliphatic rings. The van der Waals surface area contributed by atoms with Gasteiger partial charge in [0.2, 0.25) is 0 Å². The van der Waals surface area contributed by atoms with E-state index in [0.717, 1.165) is 0 Å². The molecule has 1 aromatic rings. The Labute approximate surface area is 140 Å². The molecule has 0 aliphatic heterocycles. The van der Waals surface area contributed by atoms with E-state index in [1.54, 1.807) is 18.2 Å². The van der Waals surface area contributed by atoms with Crippen molar-refractivity contribution in [2.75, 3.05) is 0 Å². The molecule has 0 aromatic heterocycles. The van der Waals surface area contributed by atoms with Gasteiger partial charge in [-0.15, -0.1) is 0 Å². The lowest BCUT2D eigenvalue weighted by Gasteiger charge is -2.21. The molecule has 0 amide bonds. The van der Waals surface area contributed by atoms with Crippen LogP contribution in [-0.2, 0) is 14.8 Å². The first-order valence-electron chi connectivity index (χ1n) is 7.08.